The molecule has 0 saturated carbocycles. The fraction of sp³-hybridized carbons (Fsp3) is 0.357. The van der Waals surface area contributed by atoms with E-state index < -0.39 is 10.3 Å². The van der Waals surface area contributed by atoms with Crippen molar-refractivity contribution in [2.24, 2.45) is 0 Å². The molecule has 4 aromatic rings. The molecule has 0 saturated heterocycles. The van der Waals surface area contributed by atoms with Gasteiger partial charge in [-0.3, -0.25) is 10.1 Å². The summed E-state index contributed by atoms with van der Waals surface area (Å²) in [6.45, 7) is 0. The van der Waals surface area contributed by atoms with E-state index in [9.17, 15) is 10.1 Å². The van der Waals surface area contributed by atoms with E-state index in [0.717, 1.165) is 5.56 Å². The van der Waals surface area contributed by atoms with Crippen molar-refractivity contribution in [2.75, 3.05) is 0 Å². The number of H-pyrrole nitrogens is 3. The molecular formula is C14H15N13O2. The summed E-state index contributed by atoms with van der Waals surface area (Å²) in [5.41, 5.74) is 0.0345. The fourth-order valence-electron chi connectivity index (χ4n) is 3.26. The molecule has 3 heterocycles. The van der Waals surface area contributed by atoms with Crippen molar-refractivity contribution in [3.05, 3.63) is 57.4 Å². The van der Waals surface area contributed by atoms with Gasteiger partial charge in [0, 0.05) is 25.0 Å². The van der Waals surface area contributed by atoms with Gasteiger partial charge in [-0.1, -0.05) is 27.8 Å². The molecule has 0 radical (unpaired) electrons. The monoisotopic (exact) mass is 397 g/mol. The van der Waals surface area contributed by atoms with Gasteiger partial charge in [-0.2, -0.15) is 15.6 Å². The lowest BCUT2D eigenvalue weighted by Gasteiger charge is -2.30. The zero-order valence-electron chi connectivity index (χ0n) is 14.9. The number of nitro benzene ring substituents is 1. The first-order chi connectivity index (χ1) is 14.2. The van der Waals surface area contributed by atoms with Gasteiger partial charge in [0.25, 0.3) is 5.69 Å². The van der Waals surface area contributed by atoms with Crippen molar-refractivity contribution in [2.45, 2.75) is 31.1 Å². The van der Waals surface area contributed by atoms with Gasteiger partial charge in [-0.05, 0) is 18.4 Å². The Balaban J connectivity index is 1.73. The van der Waals surface area contributed by atoms with Crippen molar-refractivity contribution in [3.8, 4) is 0 Å². The standard InChI is InChI=1S/C14H15N13O2/c28-27(29)10-3-1-9(2-4-10)14(13-19-25-26-20-13,7-5-11-15-21-22-16-11)8-6-12-17-23-24-18-12/h1-4H,5-8H2,(H,15,16,21,22)(H,17,18,23,24)(H,19,20,25,26). The maximum Gasteiger partial charge on any atom is 0.269 e. The zero-order chi connectivity index (χ0) is 20.1. The fourth-order valence-corrected chi connectivity index (χ4v) is 3.26. The van der Waals surface area contributed by atoms with Crippen LogP contribution in [0.2, 0.25) is 0 Å². The largest absolute Gasteiger partial charge is 0.269 e. The molecule has 0 fully saturated rings. The quantitative estimate of drug-likeness (QED) is 0.246. The van der Waals surface area contributed by atoms with Crippen LogP contribution in [-0.4, -0.2) is 66.8 Å². The number of aryl methyl sites for hydroxylation is 2. The van der Waals surface area contributed by atoms with E-state index in [-0.39, 0.29) is 5.69 Å². The van der Waals surface area contributed by atoms with Gasteiger partial charge in [0.15, 0.2) is 17.5 Å². The second-order valence-electron chi connectivity index (χ2n) is 6.28. The van der Waals surface area contributed by atoms with E-state index in [4.69, 9.17) is 0 Å². The molecular weight excluding hydrogens is 382 g/mol. The van der Waals surface area contributed by atoms with E-state index in [1.807, 2.05) is 0 Å². The third kappa shape index (κ3) is 3.78. The summed E-state index contributed by atoms with van der Waals surface area (Å²) in [5.74, 6) is 1.50. The summed E-state index contributed by atoms with van der Waals surface area (Å²) >= 11 is 0. The Hall–Kier alpha value is -4.17. The minimum atomic E-state index is -0.747. The molecule has 0 aliphatic heterocycles. The molecule has 4 rings (SSSR count). The third-order valence-corrected chi connectivity index (χ3v) is 4.73. The van der Waals surface area contributed by atoms with Gasteiger partial charge >= 0.3 is 0 Å². The predicted octanol–water partition coefficient (Wildman–Crippen LogP) is -0.314. The highest BCUT2D eigenvalue weighted by Crippen LogP contribution is 2.39. The van der Waals surface area contributed by atoms with Gasteiger partial charge in [-0.15, -0.1) is 30.6 Å². The molecule has 29 heavy (non-hydrogen) atoms. The second kappa shape index (κ2) is 7.83. The number of hydrogen-bond acceptors (Lipinski definition) is 11. The van der Waals surface area contributed by atoms with Crippen LogP contribution in [-0.2, 0) is 18.3 Å². The average Bonchev–Trinajstić information content (AvgIpc) is 3.51. The van der Waals surface area contributed by atoms with Crippen molar-refractivity contribution in [1.29, 1.82) is 0 Å². The summed E-state index contributed by atoms with van der Waals surface area (Å²) in [6, 6.07) is 6.29. The molecule has 0 aliphatic carbocycles. The van der Waals surface area contributed by atoms with Crippen LogP contribution < -0.4 is 0 Å². The number of nitrogens with zero attached hydrogens (tertiary/aromatic N) is 10. The SMILES string of the molecule is O=[N+]([O-])c1ccc(C(CCc2nn[nH]n2)(CCc2nn[nH]n2)c2nn[nH]n2)cc1. The van der Waals surface area contributed by atoms with Crippen LogP contribution >= 0.6 is 0 Å². The molecule has 0 spiro atoms. The molecule has 3 aromatic heterocycles. The number of aromatic amines is 3. The van der Waals surface area contributed by atoms with Crippen LogP contribution in [0.1, 0.15) is 35.9 Å². The Kier molecular flexibility index (Phi) is 4.91. The molecule has 15 nitrogen and oxygen atoms in total. The number of non-ortho nitro benzene ring substituents is 1. The van der Waals surface area contributed by atoms with E-state index >= 15 is 0 Å². The minimum absolute atomic E-state index is 0.00732. The first kappa shape index (κ1) is 18.2. The number of nitro groups is 1. The van der Waals surface area contributed by atoms with Crippen molar-refractivity contribution >= 4 is 5.69 Å². The summed E-state index contributed by atoms with van der Waals surface area (Å²) in [4.78, 5) is 10.6. The number of rotatable bonds is 9. The smallest absolute Gasteiger partial charge is 0.258 e. The number of tetrazole rings is 3. The first-order valence-electron chi connectivity index (χ1n) is 8.61. The topological polar surface area (TPSA) is 207 Å². The van der Waals surface area contributed by atoms with E-state index in [0.29, 0.717) is 43.2 Å². The number of hydrogen-bond donors (Lipinski definition) is 3. The molecule has 148 valence electrons. The molecule has 0 aliphatic rings. The minimum Gasteiger partial charge on any atom is -0.258 e. The van der Waals surface area contributed by atoms with Crippen LogP contribution in [0.25, 0.3) is 0 Å². The molecule has 0 unspecified atom stereocenters. The molecule has 0 atom stereocenters. The van der Waals surface area contributed by atoms with Gasteiger partial charge in [0.05, 0.1) is 10.3 Å². The lowest BCUT2D eigenvalue weighted by Crippen LogP contribution is -2.31. The summed E-state index contributed by atoms with van der Waals surface area (Å²) < 4.78 is 0. The van der Waals surface area contributed by atoms with Crippen molar-refractivity contribution < 1.29 is 4.92 Å². The summed E-state index contributed by atoms with van der Waals surface area (Å²) in [7, 11) is 0. The van der Waals surface area contributed by atoms with E-state index in [2.05, 4.69) is 61.9 Å². The normalized spacial score (nSPS) is 11.6. The Morgan fingerprint density at radius 1 is 0.828 bits per heavy atom. The van der Waals surface area contributed by atoms with Gasteiger partial charge < -0.3 is 0 Å². The van der Waals surface area contributed by atoms with E-state index in [1.54, 1.807) is 12.1 Å². The molecule has 0 bridgehead atoms. The highest BCUT2D eigenvalue weighted by Gasteiger charge is 2.39. The Morgan fingerprint density at radius 2 is 1.38 bits per heavy atom. The molecule has 1 aromatic carbocycles. The van der Waals surface area contributed by atoms with Gasteiger partial charge in [0.2, 0.25) is 0 Å². The maximum atomic E-state index is 11.1. The highest BCUT2D eigenvalue weighted by atomic mass is 16.6. The molecule has 3 N–H and O–H groups in total. The highest BCUT2D eigenvalue weighted by molar-refractivity contribution is 5.40. The Bertz CT molecular complexity index is 990. The maximum absolute atomic E-state index is 11.1. The van der Waals surface area contributed by atoms with Crippen molar-refractivity contribution in [1.82, 2.24) is 61.9 Å². The van der Waals surface area contributed by atoms with Crippen LogP contribution in [0, 0.1) is 10.1 Å². The van der Waals surface area contributed by atoms with E-state index in [1.165, 1.54) is 12.1 Å². The molecule has 15 heteroatoms. The summed E-state index contributed by atoms with van der Waals surface area (Å²) in [5, 5.41) is 53.7. The lowest BCUT2D eigenvalue weighted by atomic mass is 9.72. The third-order valence-electron chi connectivity index (χ3n) is 4.73. The molecule has 0 amide bonds. The van der Waals surface area contributed by atoms with Crippen LogP contribution in [0.15, 0.2) is 24.3 Å². The number of nitrogens with one attached hydrogen (secondary N) is 3. The number of benzene rings is 1. The first-order valence-corrected chi connectivity index (χ1v) is 8.61. The Morgan fingerprint density at radius 3 is 1.83 bits per heavy atom. The van der Waals surface area contributed by atoms with Crippen molar-refractivity contribution in [3.63, 3.8) is 0 Å². The zero-order valence-corrected chi connectivity index (χ0v) is 14.9. The van der Waals surface area contributed by atoms with Crippen LogP contribution in [0.4, 0.5) is 5.69 Å². The number of aromatic nitrogens is 12. The predicted molar refractivity (Wildman–Crippen MR) is 93.1 cm³/mol. The van der Waals surface area contributed by atoms with Crippen LogP contribution in [0.3, 0.4) is 0 Å². The Labute approximate surface area is 161 Å². The van der Waals surface area contributed by atoms with Gasteiger partial charge in [-0.25, -0.2) is 0 Å². The average molecular weight is 397 g/mol. The van der Waals surface area contributed by atoms with Crippen LogP contribution in [0.5, 0.6) is 0 Å². The van der Waals surface area contributed by atoms with Gasteiger partial charge in [0.1, 0.15) is 0 Å². The summed E-state index contributed by atoms with van der Waals surface area (Å²) in [6.07, 6.45) is 1.94. The second-order valence-corrected chi connectivity index (χ2v) is 6.28. The lowest BCUT2D eigenvalue weighted by molar-refractivity contribution is -0.384.